The fraction of sp³-hybridized carbons (Fsp3) is 0.0270. The summed E-state index contributed by atoms with van der Waals surface area (Å²) in [5, 5.41) is 4.77. The fourth-order valence-electron chi connectivity index (χ4n) is 13.7. The van der Waals surface area contributed by atoms with Gasteiger partial charge in [-0.1, -0.05) is 237 Å². The summed E-state index contributed by atoms with van der Waals surface area (Å²) in [4.78, 5) is 2.53. The number of thiophene rings is 1. The molecule has 0 saturated heterocycles. The lowest BCUT2D eigenvalue weighted by atomic mass is 9.66. The van der Waals surface area contributed by atoms with Crippen molar-refractivity contribution in [2.45, 2.75) is 10.8 Å². The van der Waals surface area contributed by atoms with E-state index < -0.39 is 10.8 Å². The van der Waals surface area contributed by atoms with Crippen LogP contribution in [0.1, 0.15) is 44.5 Å². The number of nitrogens with zero attached hydrogens (tertiary/aromatic N) is 1. The number of benzene rings is 12. The van der Waals surface area contributed by atoms with Gasteiger partial charge in [0.05, 0.1) is 16.5 Å². The first-order chi connectivity index (χ1) is 38.2. The molecule has 0 spiro atoms. The van der Waals surface area contributed by atoms with Crippen molar-refractivity contribution in [2.24, 2.45) is 0 Å². The van der Waals surface area contributed by atoms with E-state index in [1.807, 2.05) is 11.3 Å². The molecule has 360 valence electrons. The summed E-state index contributed by atoms with van der Waals surface area (Å²) in [5.74, 6) is 0. The zero-order chi connectivity index (χ0) is 50.7. The van der Waals surface area contributed by atoms with E-state index in [-0.39, 0.29) is 0 Å². The molecule has 2 aliphatic rings. The van der Waals surface area contributed by atoms with Crippen molar-refractivity contribution in [1.82, 2.24) is 0 Å². The van der Waals surface area contributed by atoms with Crippen molar-refractivity contribution in [3.8, 4) is 33.4 Å². The molecular weight excluding hydrogens is 951 g/mol. The van der Waals surface area contributed by atoms with Gasteiger partial charge in [-0.15, -0.1) is 11.3 Å². The van der Waals surface area contributed by atoms with Gasteiger partial charge in [0.15, 0.2) is 0 Å². The summed E-state index contributed by atoms with van der Waals surface area (Å²) < 4.78 is 10.0. The highest BCUT2D eigenvalue weighted by molar-refractivity contribution is 7.26. The minimum atomic E-state index is -0.809. The molecule has 2 aliphatic carbocycles. The number of furan rings is 1. The Morgan fingerprint density at radius 3 is 1.47 bits per heavy atom. The van der Waals surface area contributed by atoms with E-state index in [9.17, 15) is 0 Å². The second-order valence-corrected chi connectivity index (χ2v) is 21.6. The van der Waals surface area contributed by atoms with Gasteiger partial charge in [0.2, 0.25) is 0 Å². The first kappa shape index (κ1) is 43.8. The Balaban J connectivity index is 1.03. The minimum absolute atomic E-state index is 0.608. The average molecular weight is 998 g/mol. The highest BCUT2D eigenvalue weighted by Gasteiger charge is 2.51. The number of anilines is 3. The lowest BCUT2D eigenvalue weighted by molar-refractivity contribution is 0.648. The van der Waals surface area contributed by atoms with Crippen LogP contribution in [0, 0.1) is 0 Å². The SMILES string of the molecule is c1ccc(C2(c3ccccc3)c3ccccc3-c3ccc(N(c4ccc(-c5cccc6c5sc5ccccc56)cc4)c4ccc5c(oc6ccccc65)c4C4(c5ccccc5)c5ccccc5-c5ccccc54)cc32)cc1. The van der Waals surface area contributed by atoms with Crippen LogP contribution in [0.25, 0.3) is 75.5 Å². The van der Waals surface area contributed by atoms with Gasteiger partial charge in [0, 0.05) is 47.9 Å². The number of para-hydroxylation sites is 1. The van der Waals surface area contributed by atoms with E-state index in [4.69, 9.17) is 4.42 Å². The fourth-order valence-corrected chi connectivity index (χ4v) is 15.0. The van der Waals surface area contributed by atoms with Gasteiger partial charge in [0.1, 0.15) is 11.2 Å². The van der Waals surface area contributed by atoms with Crippen LogP contribution in [0.2, 0.25) is 0 Å². The Morgan fingerprint density at radius 1 is 0.325 bits per heavy atom. The largest absolute Gasteiger partial charge is 0.456 e. The smallest absolute Gasteiger partial charge is 0.142 e. The van der Waals surface area contributed by atoms with Gasteiger partial charge >= 0.3 is 0 Å². The van der Waals surface area contributed by atoms with Crippen LogP contribution in [-0.2, 0) is 10.8 Å². The zero-order valence-electron chi connectivity index (χ0n) is 41.9. The molecule has 0 saturated carbocycles. The van der Waals surface area contributed by atoms with E-state index in [1.165, 1.54) is 92.5 Å². The van der Waals surface area contributed by atoms with Crippen LogP contribution in [0.3, 0.4) is 0 Å². The monoisotopic (exact) mass is 997 g/mol. The highest BCUT2D eigenvalue weighted by Crippen LogP contribution is 2.62. The van der Waals surface area contributed by atoms with E-state index in [2.05, 4.69) is 290 Å². The van der Waals surface area contributed by atoms with Crippen molar-refractivity contribution in [1.29, 1.82) is 0 Å². The number of hydrogen-bond acceptors (Lipinski definition) is 3. The van der Waals surface area contributed by atoms with E-state index >= 15 is 0 Å². The summed E-state index contributed by atoms with van der Waals surface area (Å²) in [5.41, 5.74) is 20.5. The van der Waals surface area contributed by atoms with Gasteiger partial charge < -0.3 is 9.32 Å². The molecule has 0 aliphatic heterocycles. The molecule has 3 heteroatoms. The van der Waals surface area contributed by atoms with Crippen molar-refractivity contribution < 1.29 is 4.42 Å². The average Bonchev–Trinajstić information content (AvgIpc) is 4.19. The van der Waals surface area contributed by atoms with Crippen LogP contribution in [0.5, 0.6) is 0 Å². The third kappa shape index (κ3) is 6.18. The molecule has 0 bridgehead atoms. The Labute approximate surface area is 451 Å². The topological polar surface area (TPSA) is 16.4 Å². The van der Waals surface area contributed by atoms with Crippen molar-refractivity contribution >= 4 is 70.5 Å². The highest BCUT2D eigenvalue weighted by atomic mass is 32.1. The minimum Gasteiger partial charge on any atom is -0.456 e. The molecule has 16 rings (SSSR count). The van der Waals surface area contributed by atoms with Gasteiger partial charge in [-0.05, 0) is 121 Å². The lowest BCUT2D eigenvalue weighted by Crippen LogP contribution is -2.31. The van der Waals surface area contributed by atoms with Gasteiger partial charge in [0.25, 0.3) is 0 Å². The molecule has 0 N–H and O–H groups in total. The second-order valence-electron chi connectivity index (χ2n) is 20.6. The maximum atomic E-state index is 7.42. The molecule has 0 unspecified atom stereocenters. The first-order valence-electron chi connectivity index (χ1n) is 26.6. The Bertz CT molecular complexity index is 4540. The Morgan fingerprint density at radius 2 is 0.818 bits per heavy atom. The normalized spacial score (nSPS) is 13.7. The molecule has 0 radical (unpaired) electrons. The molecule has 14 aromatic rings. The van der Waals surface area contributed by atoms with Crippen LogP contribution in [0.15, 0.2) is 290 Å². The van der Waals surface area contributed by atoms with E-state index in [1.54, 1.807) is 0 Å². The first-order valence-corrected chi connectivity index (χ1v) is 27.4. The summed E-state index contributed by atoms with van der Waals surface area (Å²) in [6.45, 7) is 0. The maximum absolute atomic E-state index is 7.42. The molecule has 2 heterocycles. The number of hydrogen-bond donors (Lipinski definition) is 0. The maximum Gasteiger partial charge on any atom is 0.142 e. The van der Waals surface area contributed by atoms with Crippen molar-refractivity contribution in [3.63, 3.8) is 0 Å². The predicted molar refractivity (Wildman–Crippen MR) is 321 cm³/mol. The molecule has 0 fully saturated rings. The lowest BCUT2D eigenvalue weighted by Gasteiger charge is -2.39. The van der Waals surface area contributed by atoms with Gasteiger partial charge in [-0.2, -0.15) is 0 Å². The molecule has 0 atom stereocenters. The molecule has 77 heavy (non-hydrogen) atoms. The second kappa shape index (κ2) is 17.0. The predicted octanol–water partition coefficient (Wildman–Crippen LogP) is 19.8. The van der Waals surface area contributed by atoms with Crippen LogP contribution in [0.4, 0.5) is 17.1 Å². The van der Waals surface area contributed by atoms with E-state index in [0.29, 0.717) is 0 Å². The number of fused-ring (bicyclic) bond motifs is 12. The van der Waals surface area contributed by atoms with Crippen LogP contribution in [-0.4, -0.2) is 0 Å². The summed E-state index contributed by atoms with van der Waals surface area (Å²) in [7, 11) is 0. The number of rotatable bonds is 8. The van der Waals surface area contributed by atoms with Crippen LogP contribution >= 0.6 is 11.3 Å². The van der Waals surface area contributed by atoms with Crippen LogP contribution < -0.4 is 4.90 Å². The molecule has 12 aromatic carbocycles. The molecule has 0 amide bonds. The van der Waals surface area contributed by atoms with Crippen molar-refractivity contribution in [3.05, 3.63) is 330 Å². The van der Waals surface area contributed by atoms with Crippen molar-refractivity contribution in [2.75, 3.05) is 4.90 Å². The standard InChI is InChI=1S/C74H47NOS/c1-4-21-49(22-5-1)73(50-23-6-2-7-24-50)63-34-15-10-29-57(63)58-44-43-53(47-66(58)73)75(52-41-39-48(40-42-52)54-32-20-33-62-60-31-14-19-38-69(60)77-72(54)62)67-46-45-61-59-30-13-18-37-68(59)76-71(61)70(67)74(51-25-8-3-9-26-51)64-35-16-11-27-55(64)56-28-12-17-36-65(56)74/h1-47H. The summed E-state index contributed by atoms with van der Waals surface area (Å²) in [6, 6.07) is 106. The Hall–Kier alpha value is -9.54. The van der Waals surface area contributed by atoms with Gasteiger partial charge in [-0.3, -0.25) is 0 Å². The third-order valence-electron chi connectivity index (χ3n) is 16.8. The van der Waals surface area contributed by atoms with E-state index in [0.717, 1.165) is 44.6 Å². The quantitative estimate of drug-likeness (QED) is 0.151. The third-order valence-corrected chi connectivity index (χ3v) is 18.1. The zero-order valence-corrected chi connectivity index (χ0v) is 42.7. The molecule has 2 aromatic heterocycles. The summed E-state index contributed by atoms with van der Waals surface area (Å²) >= 11 is 1.87. The summed E-state index contributed by atoms with van der Waals surface area (Å²) in [6.07, 6.45) is 0. The Kier molecular flexibility index (Phi) is 9.67. The molecular formula is C74H47NOS. The van der Waals surface area contributed by atoms with Gasteiger partial charge in [-0.25, -0.2) is 0 Å². The molecule has 2 nitrogen and oxygen atoms in total.